The highest BCUT2D eigenvalue weighted by atomic mass is 32.2. The van der Waals surface area contributed by atoms with Gasteiger partial charge < -0.3 is 5.32 Å². The number of amides is 1. The summed E-state index contributed by atoms with van der Waals surface area (Å²) in [6, 6.07) is 10.4. The quantitative estimate of drug-likeness (QED) is 0.917. The Balaban J connectivity index is 1.57. The molecule has 0 aliphatic heterocycles. The zero-order valence-electron chi connectivity index (χ0n) is 12.9. The third-order valence-electron chi connectivity index (χ3n) is 4.16. The van der Waals surface area contributed by atoms with E-state index in [1.165, 1.54) is 6.42 Å². The summed E-state index contributed by atoms with van der Waals surface area (Å²) < 4.78 is 0. The van der Waals surface area contributed by atoms with Crippen LogP contribution in [0, 0.1) is 0 Å². The SMILES string of the molecule is CCS[C@@H]1CC[C@@H](NC(=O)Cc2cnc3ccccc3c2)C1. The molecule has 0 unspecified atom stereocenters. The molecule has 3 rings (SSSR count). The lowest BCUT2D eigenvalue weighted by Gasteiger charge is -2.13. The van der Waals surface area contributed by atoms with Crippen molar-refractivity contribution < 1.29 is 4.79 Å². The summed E-state index contributed by atoms with van der Waals surface area (Å²) in [6.07, 6.45) is 5.67. The van der Waals surface area contributed by atoms with E-state index >= 15 is 0 Å². The number of aromatic nitrogens is 1. The Morgan fingerprint density at radius 3 is 3.09 bits per heavy atom. The predicted molar refractivity (Wildman–Crippen MR) is 93.1 cm³/mol. The molecular formula is C18H22N2OS. The van der Waals surface area contributed by atoms with Gasteiger partial charge in [-0.25, -0.2) is 0 Å². The Hall–Kier alpha value is -1.55. The number of benzene rings is 1. The van der Waals surface area contributed by atoms with Crippen LogP contribution in [0.25, 0.3) is 10.9 Å². The van der Waals surface area contributed by atoms with Crippen LogP contribution in [0.3, 0.4) is 0 Å². The van der Waals surface area contributed by atoms with E-state index in [9.17, 15) is 4.79 Å². The van der Waals surface area contributed by atoms with Crippen LogP contribution in [0.5, 0.6) is 0 Å². The van der Waals surface area contributed by atoms with Crippen molar-refractivity contribution in [2.24, 2.45) is 0 Å². The molecule has 1 N–H and O–H groups in total. The number of carbonyl (C=O) groups is 1. The second-order valence-electron chi connectivity index (χ2n) is 5.87. The number of para-hydroxylation sites is 1. The molecule has 1 aliphatic rings. The number of hydrogen-bond donors (Lipinski definition) is 1. The maximum absolute atomic E-state index is 12.2. The average molecular weight is 314 g/mol. The van der Waals surface area contributed by atoms with E-state index in [0.29, 0.717) is 12.5 Å². The smallest absolute Gasteiger partial charge is 0.224 e. The number of nitrogens with zero attached hydrogens (tertiary/aromatic N) is 1. The Morgan fingerprint density at radius 1 is 1.36 bits per heavy atom. The molecule has 0 radical (unpaired) electrons. The van der Waals surface area contributed by atoms with Gasteiger partial charge >= 0.3 is 0 Å². The standard InChI is InChI=1S/C18H22N2OS/c1-2-22-16-8-7-15(11-16)20-18(21)10-13-9-14-5-3-4-6-17(14)19-12-13/h3-6,9,12,15-16H,2,7-8,10-11H2,1H3,(H,20,21)/t15-,16-/m1/s1. The van der Waals surface area contributed by atoms with Crippen molar-refractivity contribution in [3.63, 3.8) is 0 Å². The summed E-state index contributed by atoms with van der Waals surface area (Å²) in [6.45, 7) is 2.20. The fourth-order valence-corrected chi connectivity index (χ4v) is 4.28. The van der Waals surface area contributed by atoms with Crippen molar-refractivity contribution >= 4 is 28.6 Å². The number of nitrogens with one attached hydrogen (secondary N) is 1. The first-order chi connectivity index (χ1) is 10.7. The Kier molecular flexibility index (Phi) is 4.98. The molecule has 4 heteroatoms. The van der Waals surface area contributed by atoms with Gasteiger partial charge in [-0.3, -0.25) is 9.78 Å². The maximum Gasteiger partial charge on any atom is 0.224 e. The molecular weight excluding hydrogens is 292 g/mol. The van der Waals surface area contributed by atoms with E-state index in [-0.39, 0.29) is 5.91 Å². The molecule has 1 aromatic heterocycles. The third kappa shape index (κ3) is 3.80. The minimum atomic E-state index is 0.115. The predicted octanol–water partition coefficient (Wildman–Crippen LogP) is 3.57. The fourth-order valence-electron chi connectivity index (χ4n) is 3.14. The number of fused-ring (bicyclic) bond motifs is 1. The van der Waals surface area contributed by atoms with Crippen LogP contribution in [-0.2, 0) is 11.2 Å². The number of rotatable bonds is 5. The van der Waals surface area contributed by atoms with Crippen LogP contribution in [0.4, 0.5) is 0 Å². The van der Waals surface area contributed by atoms with Gasteiger partial charge in [-0.15, -0.1) is 0 Å². The van der Waals surface area contributed by atoms with Crippen LogP contribution in [0.2, 0.25) is 0 Å². The Bertz CT molecular complexity index is 658. The molecule has 2 atom stereocenters. The zero-order chi connectivity index (χ0) is 15.4. The van der Waals surface area contributed by atoms with Crippen molar-refractivity contribution in [1.29, 1.82) is 0 Å². The number of pyridine rings is 1. The average Bonchev–Trinajstić information content (AvgIpc) is 2.94. The first kappa shape index (κ1) is 15.3. The van der Waals surface area contributed by atoms with E-state index in [4.69, 9.17) is 0 Å². The molecule has 1 fully saturated rings. The molecule has 1 aromatic carbocycles. The van der Waals surface area contributed by atoms with Gasteiger partial charge in [0.1, 0.15) is 0 Å². The summed E-state index contributed by atoms with van der Waals surface area (Å²) in [7, 11) is 0. The lowest BCUT2D eigenvalue weighted by Crippen LogP contribution is -2.34. The first-order valence-corrected chi connectivity index (χ1v) is 9.04. The van der Waals surface area contributed by atoms with E-state index in [1.807, 2.05) is 42.2 Å². The summed E-state index contributed by atoms with van der Waals surface area (Å²) in [5.74, 6) is 1.28. The summed E-state index contributed by atoms with van der Waals surface area (Å²) in [5, 5.41) is 4.99. The van der Waals surface area contributed by atoms with Crippen LogP contribution in [-0.4, -0.2) is 27.9 Å². The minimum absolute atomic E-state index is 0.115. The fraction of sp³-hybridized carbons (Fsp3) is 0.444. The van der Waals surface area contributed by atoms with Gasteiger partial charge in [0.15, 0.2) is 0 Å². The number of hydrogen-bond acceptors (Lipinski definition) is 3. The van der Waals surface area contributed by atoms with Gasteiger partial charge in [0, 0.05) is 22.9 Å². The second-order valence-corrected chi connectivity index (χ2v) is 7.45. The normalized spacial score (nSPS) is 21.1. The number of carbonyl (C=O) groups excluding carboxylic acids is 1. The lowest BCUT2D eigenvalue weighted by atomic mass is 10.1. The molecule has 2 aromatic rings. The van der Waals surface area contributed by atoms with Crippen LogP contribution < -0.4 is 5.32 Å². The lowest BCUT2D eigenvalue weighted by molar-refractivity contribution is -0.121. The summed E-state index contributed by atoms with van der Waals surface area (Å²) in [4.78, 5) is 16.6. The molecule has 1 saturated carbocycles. The van der Waals surface area contributed by atoms with Gasteiger partial charge in [0.25, 0.3) is 0 Å². The first-order valence-electron chi connectivity index (χ1n) is 7.99. The highest BCUT2D eigenvalue weighted by Crippen LogP contribution is 2.29. The topological polar surface area (TPSA) is 42.0 Å². The summed E-state index contributed by atoms with van der Waals surface area (Å²) >= 11 is 2.01. The highest BCUT2D eigenvalue weighted by Gasteiger charge is 2.25. The second kappa shape index (κ2) is 7.14. The van der Waals surface area contributed by atoms with Gasteiger partial charge in [-0.2, -0.15) is 11.8 Å². The van der Waals surface area contributed by atoms with Gasteiger partial charge in [-0.05, 0) is 42.7 Å². The van der Waals surface area contributed by atoms with Crippen molar-refractivity contribution in [2.45, 2.75) is 43.9 Å². The van der Waals surface area contributed by atoms with Crippen LogP contribution in [0.1, 0.15) is 31.7 Å². The minimum Gasteiger partial charge on any atom is -0.353 e. The van der Waals surface area contributed by atoms with Crippen molar-refractivity contribution in [2.75, 3.05) is 5.75 Å². The van der Waals surface area contributed by atoms with E-state index < -0.39 is 0 Å². The third-order valence-corrected chi connectivity index (χ3v) is 5.40. The largest absolute Gasteiger partial charge is 0.353 e. The Morgan fingerprint density at radius 2 is 2.23 bits per heavy atom. The Labute approximate surface area is 135 Å². The maximum atomic E-state index is 12.2. The summed E-state index contributed by atoms with van der Waals surface area (Å²) in [5.41, 5.74) is 1.95. The molecule has 3 nitrogen and oxygen atoms in total. The molecule has 22 heavy (non-hydrogen) atoms. The van der Waals surface area contributed by atoms with E-state index in [0.717, 1.165) is 40.3 Å². The van der Waals surface area contributed by atoms with Crippen molar-refractivity contribution in [3.05, 3.63) is 42.1 Å². The molecule has 1 heterocycles. The van der Waals surface area contributed by atoms with Gasteiger partial charge in [0.2, 0.25) is 5.91 Å². The van der Waals surface area contributed by atoms with Crippen molar-refractivity contribution in [1.82, 2.24) is 10.3 Å². The molecule has 0 spiro atoms. The van der Waals surface area contributed by atoms with E-state index in [2.05, 4.69) is 23.3 Å². The number of thioether (sulfide) groups is 1. The monoisotopic (exact) mass is 314 g/mol. The van der Waals surface area contributed by atoms with Crippen LogP contribution in [0.15, 0.2) is 36.5 Å². The van der Waals surface area contributed by atoms with Crippen LogP contribution >= 0.6 is 11.8 Å². The van der Waals surface area contributed by atoms with Crippen molar-refractivity contribution in [3.8, 4) is 0 Å². The van der Waals surface area contributed by atoms with Gasteiger partial charge in [0.05, 0.1) is 11.9 Å². The zero-order valence-corrected chi connectivity index (χ0v) is 13.7. The highest BCUT2D eigenvalue weighted by molar-refractivity contribution is 7.99. The molecule has 116 valence electrons. The van der Waals surface area contributed by atoms with E-state index in [1.54, 1.807) is 0 Å². The van der Waals surface area contributed by atoms with Gasteiger partial charge in [-0.1, -0.05) is 25.1 Å². The molecule has 1 amide bonds. The molecule has 0 saturated heterocycles. The molecule has 0 bridgehead atoms. The molecule has 1 aliphatic carbocycles.